The van der Waals surface area contributed by atoms with Gasteiger partial charge in [-0.1, -0.05) is 35.2 Å². The average Bonchev–Trinajstić information content (AvgIpc) is 2.89. The molecule has 0 aliphatic heterocycles. The molecule has 0 radical (unpaired) electrons. The number of nitrogens with zero attached hydrogens (tertiary/aromatic N) is 5. The molecule has 0 spiro atoms. The lowest BCUT2D eigenvalue weighted by Crippen LogP contribution is -2.53. The first-order chi connectivity index (χ1) is 21.2. The predicted octanol–water partition coefficient (Wildman–Crippen LogP) is 7.74. The number of unbranched alkanes of at least 4 members (excludes halogenated alkanes) is 4. The van der Waals surface area contributed by atoms with Gasteiger partial charge in [0, 0.05) is 24.5 Å². The van der Waals surface area contributed by atoms with Crippen molar-refractivity contribution in [3.05, 3.63) is 17.8 Å². The quantitative estimate of drug-likeness (QED) is 0.0710. The van der Waals surface area contributed by atoms with Crippen LogP contribution in [0.5, 0.6) is 5.88 Å². The zero-order valence-electron chi connectivity index (χ0n) is 29.2. The van der Waals surface area contributed by atoms with Crippen LogP contribution in [0.1, 0.15) is 113 Å². The van der Waals surface area contributed by atoms with Crippen LogP contribution in [0.25, 0.3) is 0 Å². The number of aliphatic imine (C=N–C) groups is 1. The van der Waals surface area contributed by atoms with Crippen LogP contribution >= 0.6 is 15.9 Å². The van der Waals surface area contributed by atoms with E-state index in [2.05, 4.69) is 31.1 Å². The largest absolute Gasteiger partial charge is 0.477 e. The van der Waals surface area contributed by atoms with Gasteiger partial charge >= 0.3 is 18.3 Å². The van der Waals surface area contributed by atoms with Crippen LogP contribution < -0.4 is 4.74 Å². The maximum absolute atomic E-state index is 13.7. The van der Waals surface area contributed by atoms with Crippen molar-refractivity contribution >= 4 is 45.9 Å². The molecule has 0 atom stereocenters. The van der Waals surface area contributed by atoms with Crippen LogP contribution in [0.4, 0.5) is 14.4 Å². The number of carbonyl (C=O) groups excluding carboxylic acids is 3. The molecular weight excluding hydrogens is 660 g/mol. The van der Waals surface area contributed by atoms with E-state index in [1.54, 1.807) is 81.4 Å². The van der Waals surface area contributed by atoms with Gasteiger partial charge in [-0.15, -0.1) is 15.2 Å². The lowest BCUT2D eigenvalue weighted by molar-refractivity contribution is 0.0270. The summed E-state index contributed by atoms with van der Waals surface area (Å²) in [6, 6.07) is 3.23. The second-order valence-electron chi connectivity index (χ2n) is 13.7. The molecule has 0 saturated carbocycles. The molecule has 0 fully saturated rings. The molecule has 1 N–H and O–H groups in total. The maximum Gasteiger partial charge on any atom is 0.437 e. The number of aromatic nitrogens is 2. The Hall–Kier alpha value is -3.29. The predicted molar refractivity (Wildman–Crippen MR) is 181 cm³/mol. The van der Waals surface area contributed by atoms with Gasteiger partial charge in [0.05, 0.1) is 12.3 Å². The molecule has 0 aliphatic carbocycles. The number of halogens is 1. The summed E-state index contributed by atoms with van der Waals surface area (Å²) in [6.45, 7) is 17.2. The molecule has 1 aromatic rings. The molecule has 46 heavy (non-hydrogen) atoms. The zero-order valence-corrected chi connectivity index (χ0v) is 30.8. The molecule has 1 heterocycles. The van der Waals surface area contributed by atoms with Gasteiger partial charge in [0.1, 0.15) is 22.5 Å². The monoisotopic (exact) mass is 712 g/mol. The van der Waals surface area contributed by atoms with Gasteiger partial charge in [-0.3, -0.25) is 0 Å². The van der Waals surface area contributed by atoms with E-state index < -0.39 is 35.1 Å². The van der Waals surface area contributed by atoms with Crippen LogP contribution in [0.3, 0.4) is 0 Å². The number of hydrogen-bond donors (Lipinski definition) is 1. The summed E-state index contributed by atoms with van der Waals surface area (Å²) in [6.07, 6.45) is 2.07. The van der Waals surface area contributed by atoms with E-state index in [1.165, 1.54) is 4.90 Å². The summed E-state index contributed by atoms with van der Waals surface area (Å²) in [5.41, 5.74) is -1.93. The summed E-state index contributed by atoms with van der Waals surface area (Å²) in [7, 11) is 0. The van der Waals surface area contributed by atoms with E-state index >= 15 is 0 Å². The molecule has 3 amide bonds. The molecule has 1 aromatic heterocycles. The fourth-order valence-electron chi connectivity index (χ4n) is 3.70. The Labute approximate surface area is 282 Å². The number of nitrogens with one attached hydrogen (secondary N) is 1. The minimum Gasteiger partial charge on any atom is -0.477 e. The second-order valence-corrected chi connectivity index (χ2v) is 14.5. The fourth-order valence-corrected chi connectivity index (χ4v) is 4.10. The third-order valence-corrected chi connectivity index (χ3v) is 6.17. The van der Waals surface area contributed by atoms with Gasteiger partial charge in [0.2, 0.25) is 11.8 Å². The molecule has 13 nitrogen and oxygen atoms in total. The summed E-state index contributed by atoms with van der Waals surface area (Å²) >= 11 is 3.45. The second kappa shape index (κ2) is 18.8. The number of carbonyl (C=O) groups is 3. The van der Waals surface area contributed by atoms with Crippen LogP contribution in [0, 0.1) is 5.41 Å². The lowest BCUT2D eigenvalue weighted by atomic mass is 10.1. The smallest absolute Gasteiger partial charge is 0.437 e. The SMILES string of the molecule is CC(=N)c1ccc(OCCCN(C(=O)OC(C)(C)C)/C(=N\C(=O)OC(C)(C)C)N(CCCCCCCBr)C(=O)OC(C)(C)C)nn1. The Morgan fingerprint density at radius 1 is 0.761 bits per heavy atom. The number of amides is 3. The van der Waals surface area contributed by atoms with E-state index in [0.717, 1.165) is 35.9 Å². The van der Waals surface area contributed by atoms with Crippen molar-refractivity contribution in [3.63, 3.8) is 0 Å². The highest BCUT2D eigenvalue weighted by Gasteiger charge is 2.35. The van der Waals surface area contributed by atoms with Gasteiger partial charge in [-0.05, 0) is 94.6 Å². The van der Waals surface area contributed by atoms with Crippen molar-refractivity contribution in [3.8, 4) is 5.88 Å². The van der Waals surface area contributed by atoms with Crippen LogP contribution in [-0.4, -0.2) is 91.8 Å². The Kier molecular flexibility index (Phi) is 16.6. The van der Waals surface area contributed by atoms with Crippen LogP contribution in [0.15, 0.2) is 17.1 Å². The van der Waals surface area contributed by atoms with Gasteiger partial charge in [0.15, 0.2) is 0 Å². The normalized spacial score (nSPS) is 12.3. The number of guanidine groups is 1. The third-order valence-electron chi connectivity index (χ3n) is 5.61. The molecule has 260 valence electrons. The Morgan fingerprint density at radius 2 is 1.26 bits per heavy atom. The standard InChI is InChI=1S/C32H53BrN6O7/c1-23(34)24-17-18-25(37-36-24)43-22-16-21-39(29(42)46-32(8,9)10)26(35-27(40)44-30(2,3)4)38(28(41)45-31(5,6)7)20-15-13-11-12-14-19-33/h17-18,34H,11-16,19-22H2,1-10H3/b34-23?,35-26-. The lowest BCUT2D eigenvalue weighted by Gasteiger charge is -2.34. The summed E-state index contributed by atoms with van der Waals surface area (Å²) in [5.74, 6) is -0.0180. The van der Waals surface area contributed by atoms with Crippen molar-refractivity contribution in [1.29, 1.82) is 5.41 Å². The minimum absolute atomic E-state index is 0.0355. The van der Waals surface area contributed by atoms with Crippen LogP contribution in [0.2, 0.25) is 0 Å². The molecule has 1 rings (SSSR count). The summed E-state index contributed by atoms with van der Waals surface area (Å²) < 4.78 is 22.6. The van der Waals surface area contributed by atoms with E-state index in [0.29, 0.717) is 12.1 Å². The third kappa shape index (κ3) is 17.4. The molecule has 0 aliphatic rings. The van der Waals surface area contributed by atoms with Gasteiger partial charge < -0.3 is 24.4 Å². The first kappa shape index (κ1) is 40.7. The van der Waals surface area contributed by atoms with Gasteiger partial charge in [0.25, 0.3) is 0 Å². The van der Waals surface area contributed by atoms with Gasteiger partial charge in [-0.2, -0.15) is 0 Å². The number of hydrogen-bond acceptors (Lipinski definition) is 10. The van der Waals surface area contributed by atoms with Crippen molar-refractivity contribution in [1.82, 2.24) is 20.0 Å². The van der Waals surface area contributed by atoms with Crippen LogP contribution in [-0.2, 0) is 14.2 Å². The highest BCUT2D eigenvalue weighted by molar-refractivity contribution is 9.09. The van der Waals surface area contributed by atoms with E-state index in [-0.39, 0.29) is 43.7 Å². The van der Waals surface area contributed by atoms with Crippen molar-refractivity contribution < 1.29 is 33.3 Å². The van der Waals surface area contributed by atoms with E-state index in [4.69, 9.17) is 24.4 Å². The summed E-state index contributed by atoms with van der Waals surface area (Å²) in [4.78, 5) is 47.0. The van der Waals surface area contributed by atoms with Crippen molar-refractivity contribution in [2.45, 2.75) is 125 Å². The Balaban J connectivity index is 3.49. The number of ether oxygens (including phenoxy) is 4. The minimum atomic E-state index is -0.977. The molecule has 0 aromatic carbocycles. The molecule has 0 unspecified atom stereocenters. The highest BCUT2D eigenvalue weighted by atomic mass is 79.9. The topological polar surface area (TPSA) is 157 Å². The first-order valence-corrected chi connectivity index (χ1v) is 16.8. The fraction of sp³-hybridized carbons (Fsp3) is 0.719. The Bertz CT molecular complexity index is 1170. The number of rotatable bonds is 13. The number of alkyl halides is 1. The molecular formula is C32H53BrN6O7. The zero-order chi connectivity index (χ0) is 35.1. The van der Waals surface area contributed by atoms with Crippen molar-refractivity contribution in [2.24, 2.45) is 4.99 Å². The maximum atomic E-state index is 13.7. The van der Waals surface area contributed by atoms with E-state index in [1.807, 2.05) is 0 Å². The Morgan fingerprint density at radius 3 is 1.72 bits per heavy atom. The van der Waals surface area contributed by atoms with Crippen molar-refractivity contribution in [2.75, 3.05) is 25.0 Å². The molecule has 14 heteroatoms. The molecule has 0 bridgehead atoms. The molecule has 0 saturated heterocycles. The highest BCUT2D eigenvalue weighted by Crippen LogP contribution is 2.19. The van der Waals surface area contributed by atoms with Gasteiger partial charge in [-0.25, -0.2) is 24.2 Å². The average molecular weight is 714 g/mol. The van der Waals surface area contributed by atoms with E-state index in [9.17, 15) is 14.4 Å². The first-order valence-electron chi connectivity index (χ1n) is 15.6. The summed E-state index contributed by atoms with van der Waals surface area (Å²) in [5, 5.41) is 16.5.